The maximum absolute atomic E-state index is 12.7. The number of hydrogen-bond donors (Lipinski definition) is 0. The van der Waals surface area contributed by atoms with Gasteiger partial charge in [0.15, 0.2) is 6.10 Å². The van der Waals surface area contributed by atoms with E-state index in [9.17, 15) is 18.0 Å². The predicted octanol–water partition coefficient (Wildman–Crippen LogP) is 5.98. The van der Waals surface area contributed by atoms with E-state index < -0.39 is 23.8 Å². The predicted molar refractivity (Wildman–Crippen MR) is 102 cm³/mol. The molecule has 0 amide bonds. The van der Waals surface area contributed by atoms with Gasteiger partial charge in [0.25, 0.3) is 0 Å². The molecule has 0 aliphatic rings. The molecule has 0 bridgehead atoms. The lowest BCUT2D eigenvalue weighted by molar-refractivity contribution is -0.150. The second kappa shape index (κ2) is 8.43. The molecule has 0 saturated heterocycles. The van der Waals surface area contributed by atoms with Crippen LogP contribution in [0.3, 0.4) is 0 Å². The van der Waals surface area contributed by atoms with Crippen LogP contribution in [0.4, 0.5) is 13.2 Å². The molecule has 3 aromatic rings. The van der Waals surface area contributed by atoms with Gasteiger partial charge in [-0.25, -0.2) is 4.79 Å². The number of benzene rings is 3. The molecular formula is C22H19F3O4. The van der Waals surface area contributed by atoms with Gasteiger partial charge in [-0.3, -0.25) is 0 Å². The zero-order valence-corrected chi connectivity index (χ0v) is 15.8. The van der Waals surface area contributed by atoms with Crippen molar-refractivity contribution in [2.75, 3.05) is 6.61 Å². The highest BCUT2D eigenvalue weighted by atomic mass is 19.4. The third-order valence-electron chi connectivity index (χ3n) is 4.17. The Balaban J connectivity index is 1.88. The van der Waals surface area contributed by atoms with Crippen molar-refractivity contribution in [3.05, 3.63) is 66.2 Å². The summed E-state index contributed by atoms with van der Waals surface area (Å²) in [7, 11) is 0. The molecule has 0 aliphatic carbocycles. The Labute approximate surface area is 165 Å². The first-order valence-corrected chi connectivity index (χ1v) is 8.99. The van der Waals surface area contributed by atoms with Gasteiger partial charge in [0.2, 0.25) is 0 Å². The molecule has 1 atom stereocenters. The summed E-state index contributed by atoms with van der Waals surface area (Å²) in [5, 5.41) is 1.40. The van der Waals surface area contributed by atoms with Crippen molar-refractivity contribution < 1.29 is 32.2 Å². The zero-order chi connectivity index (χ0) is 21.0. The van der Waals surface area contributed by atoms with E-state index in [4.69, 9.17) is 14.2 Å². The molecule has 3 aromatic carbocycles. The Bertz CT molecular complexity index is 997. The first-order chi connectivity index (χ1) is 13.8. The normalized spacial score (nSPS) is 12.4. The molecular weight excluding hydrogens is 385 g/mol. The fourth-order valence-corrected chi connectivity index (χ4v) is 2.78. The topological polar surface area (TPSA) is 44.8 Å². The van der Waals surface area contributed by atoms with E-state index in [0.717, 1.165) is 12.1 Å². The van der Waals surface area contributed by atoms with Gasteiger partial charge in [0, 0.05) is 10.8 Å². The maximum Gasteiger partial charge on any atom is 0.416 e. The Morgan fingerprint density at radius 3 is 2.10 bits per heavy atom. The molecule has 0 fully saturated rings. The van der Waals surface area contributed by atoms with Crippen LogP contribution in [0.5, 0.6) is 17.2 Å². The van der Waals surface area contributed by atoms with Crippen LogP contribution in [0.25, 0.3) is 10.8 Å². The minimum atomic E-state index is -4.40. The number of halogens is 3. The van der Waals surface area contributed by atoms with Gasteiger partial charge in [-0.1, -0.05) is 24.3 Å². The molecule has 152 valence electrons. The van der Waals surface area contributed by atoms with E-state index in [1.807, 2.05) is 6.07 Å². The van der Waals surface area contributed by atoms with Crippen LogP contribution >= 0.6 is 0 Å². The average Bonchev–Trinajstić information content (AvgIpc) is 2.68. The summed E-state index contributed by atoms with van der Waals surface area (Å²) in [6.45, 7) is 3.57. The molecule has 0 aromatic heterocycles. The molecule has 0 aliphatic heterocycles. The number of ether oxygens (including phenoxy) is 3. The molecule has 3 rings (SSSR count). The number of fused-ring (bicyclic) bond motifs is 1. The highest BCUT2D eigenvalue weighted by Gasteiger charge is 2.30. The van der Waals surface area contributed by atoms with Gasteiger partial charge in [-0.2, -0.15) is 13.2 Å². The average molecular weight is 404 g/mol. The second-order valence-corrected chi connectivity index (χ2v) is 6.24. The fourth-order valence-electron chi connectivity index (χ4n) is 2.78. The zero-order valence-electron chi connectivity index (χ0n) is 15.8. The van der Waals surface area contributed by atoms with E-state index in [1.54, 1.807) is 44.2 Å². The first kappa shape index (κ1) is 20.5. The summed E-state index contributed by atoms with van der Waals surface area (Å²) in [5.74, 6) is 0.732. The molecule has 0 saturated carbocycles. The van der Waals surface area contributed by atoms with Gasteiger partial charge in [0.05, 0.1) is 12.2 Å². The van der Waals surface area contributed by atoms with Gasteiger partial charge in [0.1, 0.15) is 17.2 Å². The van der Waals surface area contributed by atoms with Crippen LogP contribution in [-0.4, -0.2) is 18.7 Å². The first-order valence-electron chi connectivity index (χ1n) is 8.99. The molecule has 1 unspecified atom stereocenters. The molecule has 0 spiro atoms. The lowest BCUT2D eigenvalue weighted by atomic mass is 10.1. The minimum absolute atomic E-state index is 0.257. The molecule has 0 N–H and O–H groups in total. The smallest absolute Gasteiger partial charge is 0.416 e. The number of esters is 1. The largest absolute Gasteiger partial charge is 0.478 e. The second-order valence-electron chi connectivity index (χ2n) is 6.24. The van der Waals surface area contributed by atoms with Crippen molar-refractivity contribution in [3.8, 4) is 17.2 Å². The van der Waals surface area contributed by atoms with Crippen molar-refractivity contribution in [2.45, 2.75) is 26.1 Å². The van der Waals surface area contributed by atoms with Crippen molar-refractivity contribution >= 4 is 16.7 Å². The van der Waals surface area contributed by atoms with Crippen LogP contribution in [0, 0.1) is 0 Å². The summed E-state index contributed by atoms with van der Waals surface area (Å²) in [6, 6.07) is 15.0. The van der Waals surface area contributed by atoms with Gasteiger partial charge in [-0.05, 0) is 50.2 Å². The number of rotatable bonds is 6. The summed E-state index contributed by atoms with van der Waals surface area (Å²) in [4.78, 5) is 11.8. The highest BCUT2D eigenvalue weighted by molar-refractivity contribution is 5.93. The summed E-state index contributed by atoms with van der Waals surface area (Å²) in [5.41, 5.74) is -0.744. The van der Waals surface area contributed by atoms with Gasteiger partial charge >= 0.3 is 12.1 Å². The molecule has 29 heavy (non-hydrogen) atoms. The summed E-state index contributed by atoms with van der Waals surface area (Å²) in [6.07, 6.45) is -5.19. The lowest BCUT2D eigenvalue weighted by Crippen LogP contribution is -2.26. The number of hydrogen-bond acceptors (Lipinski definition) is 4. The molecule has 7 heteroatoms. The van der Waals surface area contributed by atoms with E-state index >= 15 is 0 Å². The van der Waals surface area contributed by atoms with Gasteiger partial charge < -0.3 is 14.2 Å². The summed E-state index contributed by atoms with van der Waals surface area (Å²) < 4.78 is 54.7. The van der Waals surface area contributed by atoms with Crippen LogP contribution in [0.2, 0.25) is 0 Å². The standard InChI is InChI=1S/C22H19F3O4/c1-3-27-21(26)14(2)28-19-8-4-7-18-17(19)6-5-9-20(18)29-16-12-10-15(11-13-16)22(23,24)25/h4-14H,3H2,1-2H3. The Morgan fingerprint density at radius 2 is 1.52 bits per heavy atom. The SMILES string of the molecule is CCOC(=O)C(C)Oc1cccc2c(Oc3ccc(C(F)(F)F)cc3)cccc12. The van der Waals surface area contributed by atoms with Crippen LogP contribution < -0.4 is 9.47 Å². The Kier molecular flexibility index (Phi) is 5.96. The van der Waals surface area contributed by atoms with E-state index in [0.29, 0.717) is 22.3 Å². The third kappa shape index (κ3) is 4.80. The fraction of sp³-hybridized carbons (Fsp3) is 0.227. The van der Waals surface area contributed by atoms with Gasteiger partial charge in [-0.15, -0.1) is 0 Å². The van der Waals surface area contributed by atoms with Crippen molar-refractivity contribution in [1.29, 1.82) is 0 Å². The molecule has 0 heterocycles. The van der Waals surface area contributed by atoms with E-state index in [1.165, 1.54) is 12.1 Å². The number of carbonyl (C=O) groups is 1. The lowest BCUT2D eigenvalue weighted by Gasteiger charge is -2.16. The molecule has 0 radical (unpaired) electrons. The van der Waals surface area contributed by atoms with Crippen LogP contribution in [0.15, 0.2) is 60.7 Å². The van der Waals surface area contributed by atoms with E-state index in [2.05, 4.69) is 0 Å². The number of alkyl halides is 3. The quantitative estimate of drug-likeness (QED) is 0.474. The third-order valence-corrected chi connectivity index (χ3v) is 4.17. The van der Waals surface area contributed by atoms with Crippen molar-refractivity contribution in [1.82, 2.24) is 0 Å². The van der Waals surface area contributed by atoms with E-state index in [-0.39, 0.29) is 12.4 Å². The van der Waals surface area contributed by atoms with Crippen molar-refractivity contribution in [3.63, 3.8) is 0 Å². The number of carbonyl (C=O) groups excluding carboxylic acids is 1. The van der Waals surface area contributed by atoms with Crippen LogP contribution in [-0.2, 0) is 15.7 Å². The minimum Gasteiger partial charge on any atom is -0.478 e. The molecule has 4 nitrogen and oxygen atoms in total. The van der Waals surface area contributed by atoms with Crippen LogP contribution in [0.1, 0.15) is 19.4 Å². The monoisotopic (exact) mass is 404 g/mol. The van der Waals surface area contributed by atoms with Crippen molar-refractivity contribution in [2.24, 2.45) is 0 Å². The Hall–Kier alpha value is -3.22. The highest BCUT2D eigenvalue weighted by Crippen LogP contribution is 2.36. The maximum atomic E-state index is 12.7. The summed E-state index contributed by atoms with van der Waals surface area (Å²) >= 11 is 0. The Morgan fingerprint density at radius 1 is 0.931 bits per heavy atom.